The lowest BCUT2D eigenvalue weighted by Crippen LogP contribution is -2.17. The molecule has 6 heteroatoms. The first-order valence-corrected chi connectivity index (χ1v) is 6.12. The van der Waals surface area contributed by atoms with E-state index in [1.807, 2.05) is 6.20 Å². The smallest absolute Gasteiger partial charge is 0.129 e. The predicted octanol–water partition coefficient (Wildman–Crippen LogP) is 2.25. The lowest BCUT2D eigenvalue weighted by Gasteiger charge is -2.06. The van der Waals surface area contributed by atoms with Gasteiger partial charge < -0.3 is 5.32 Å². The van der Waals surface area contributed by atoms with Crippen LogP contribution in [0.5, 0.6) is 0 Å². The molecule has 0 fully saturated rings. The highest BCUT2D eigenvalue weighted by molar-refractivity contribution is 6.30. The molecule has 0 atom stereocenters. The van der Waals surface area contributed by atoms with Gasteiger partial charge in [-0.25, -0.2) is 4.39 Å². The number of benzene rings is 1. The molecule has 0 spiro atoms. The first kappa shape index (κ1) is 13.0. The lowest BCUT2D eigenvalue weighted by atomic mass is 10.2. The third-order valence-corrected chi connectivity index (χ3v) is 2.78. The number of rotatable bonds is 6. The Labute approximate surface area is 110 Å². The van der Waals surface area contributed by atoms with E-state index in [0.29, 0.717) is 17.1 Å². The fourth-order valence-corrected chi connectivity index (χ4v) is 1.76. The summed E-state index contributed by atoms with van der Waals surface area (Å²) in [6, 6.07) is 4.72. The number of hydrogen-bond acceptors (Lipinski definition) is 3. The Bertz CT molecular complexity index is 487. The number of aromatic nitrogens is 3. The number of nitrogens with one attached hydrogen (secondary N) is 1. The van der Waals surface area contributed by atoms with Crippen LogP contribution in [0.1, 0.15) is 12.0 Å². The molecule has 0 amide bonds. The maximum Gasteiger partial charge on any atom is 0.129 e. The van der Waals surface area contributed by atoms with Gasteiger partial charge in [-0.3, -0.25) is 4.68 Å². The molecule has 0 unspecified atom stereocenters. The average Bonchev–Trinajstić information content (AvgIpc) is 2.84. The van der Waals surface area contributed by atoms with E-state index in [9.17, 15) is 4.39 Å². The van der Waals surface area contributed by atoms with E-state index in [1.54, 1.807) is 23.0 Å². The Hall–Kier alpha value is -1.46. The molecule has 18 heavy (non-hydrogen) atoms. The van der Waals surface area contributed by atoms with Crippen LogP contribution in [0.25, 0.3) is 0 Å². The Morgan fingerprint density at radius 3 is 3.00 bits per heavy atom. The van der Waals surface area contributed by atoms with Crippen molar-refractivity contribution in [2.75, 3.05) is 6.54 Å². The number of aryl methyl sites for hydroxylation is 1. The van der Waals surface area contributed by atoms with Crippen molar-refractivity contribution in [1.29, 1.82) is 0 Å². The Morgan fingerprint density at radius 1 is 1.39 bits per heavy atom. The molecular weight excluding hydrogens is 255 g/mol. The van der Waals surface area contributed by atoms with Crippen LogP contribution < -0.4 is 5.32 Å². The number of halogens is 2. The summed E-state index contributed by atoms with van der Waals surface area (Å²) < 4.78 is 15.2. The summed E-state index contributed by atoms with van der Waals surface area (Å²) in [4.78, 5) is 0. The molecule has 0 radical (unpaired) electrons. The molecule has 0 aliphatic heterocycles. The maximum atomic E-state index is 13.4. The van der Waals surface area contributed by atoms with Gasteiger partial charge in [0, 0.05) is 29.9 Å². The third kappa shape index (κ3) is 3.78. The fraction of sp³-hybridized carbons (Fsp3) is 0.333. The van der Waals surface area contributed by atoms with Gasteiger partial charge in [-0.2, -0.15) is 0 Å². The van der Waals surface area contributed by atoms with Crippen LogP contribution >= 0.6 is 11.6 Å². The molecule has 0 bridgehead atoms. The molecule has 0 saturated carbocycles. The molecule has 96 valence electrons. The van der Waals surface area contributed by atoms with E-state index in [2.05, 4.69) is 15.6 Å². The summed E-state index contributed by atoms with van der Waals surface area (Å²) in [6.07, 6.45) is 4.38. The Balaban J connectivity index is 1.69. The molecule has 2 aromatic rings. The molecule has 0 aliphatic carbocycles. The van der Waals surface area contributed by atoms with Crippen molar-refractivity contribution < 1.29 is 4.39 Å². The quantitative estimate of drug-likeness (QED) is 0.817. The van der Waals surface area contributed by atoms with Gasteiger partial charge in [0.2, 0.25) is 0 Å². The molecule has 4 nitrogen and oxygen atoms in total. The van der Waals surface area contributed by atoms with Gasteiger partial charge in [-0.05, 0) is 25.1 Å². The largest absolute Gasteiger partial charge is 0.312 e. The van der Waals surface area contributed by atoms with Crippen LogP contribution in [-0.4, -0.2) is 21.5 Å². The minimum atomic E-state index is -0.272. The monoisotopic (exact) mass is 268 g/mol. The molecule has 2 rings (SSSR count). The standard InChI is InChI=1S/C12H14ClFN4/c13-11-3-2-10(12(14)8-11)9-15-4-1-6-18-7-5-16-17-18/h2-3,5,7-8,15H,1,4,6,9H2. The van der Waals surface area contributed by atoms with Gasteiger partial charge in [-0.15, -0.1) is 5.10 Å². The van der Waals surface area contributed by atoms with Crippen LogP contribution in [0.4, 0.5) is 4.39 Å². The summed E-state index contributed by atoms with van der Waals surface area (Å²) >= 11 is 5.68. The zero-order chi connectivity index (χ0) is 12.8. The van der Waals surface area contributed by atoms with E-state index in [0.717, 1.165) is 19.5 Å². The van der Waals surface area contributed by atoms with E-state index in [1.165, 1.54) is 6.07 Å². The van der Waals surface area contributed by atoms with Crippen molar-refractivity contribution in [3.63, 3.8) is 0 Å². The zero-order valence-corrected chi connectivity index (χ0v) is 10.6. The summed E-state index contributed by atoms with van der Waals surface area (Å²) in [5, 5.41) is 11.2. The highest BCUT2D eigenvalue weighted by Crippen LogP contribution is 2.14. The topological polar surface area (TPSA) is 42.7 Å². The van der Waals surface area contributed by atoms with Crippen LogP contribution in [-0.2, 0) is 13.1 Å². The summed E-state index contributed by atoms with van der Waals surface area (Å²) in [5.41, 5.74) is 0.625. The molecule has 1 heterocycles. The van der Waals surface area contributed by atoms with Crippen molar-refractivity contribution >= 4 is 11.6 Å². The van der Waals surface area contributed by atoms with E-state index in [4.69, 9.17) is 11.6 Å². The second kappa shape index (κ2) is 6.47. The van der Waals surface area contributed by atoms with Crippen LogP contribution in [0, 0.1) is 5.82 Å². The first-order chi connectivity index (χ1) is 8.75. The van der Waals surface area contributed by atoms with E-state index in [-0.39, 0.29) is 5.82 Å². The summed E-state index contributed by atoms with van der Waals surface area (Å²) in [6.45, 7) is 2.10. The SMILES string of the molecule is Fc1cc(Cl)ccc1CNCCCn1ccnn1. The summed E-state index contributed by atoms with van der Waals surface area (Å²) in [7, 11) is 0. The van der Waals surface area contributed by atoms with E-state index >= 15 is 0 Å². The van der Waals surface area contributed by atoms with E-state index < -0.39 is 0 Å². The van der Waals surface area contributed by atoms with Gasteiger partial charge in [0.1, 0.15) is 5.82 Å². The van der Waals surface area contributed by atoms with Crippen molar-refractivity contribution in [2.45, 2.75) is 19.5 Å². The second-order valence-corrected chi connectivity index (χ2v) is 4.37. The van der Waals surface area contributed by atoms with Gasteiger partial charge in [0.15, 0.2) is 0 Å². The molecule has 1 aromatic heterocycles. The molecular formula is C12H14ClFN4. The van der Waals surface area contributed by atoms with Crippen molar-refractivity contribution in [2.24, 2.45) is 0 Å². The lowest BCUT2D eigenvalue weighted by molar-refractivity contribution is 0.523. The number of nitrogens with zero attached hydrogens (tertiary/aromatic N) is 3. The first-order valence-electron chi connectivity index (χ1n) is 5.74. The van der Waals surface area contributed by atoms with Crippen LogP contribution in [0.15, 0.2) is 30.6 Å². The third-order valence-electron chi connectivity index (χ3n) is 2.54. The van der Waals surface area contributed by atoms with Gasteiger partial charge in [0.05, 0.1) is 6.20 Å². The van der Waals surface area contributed by atoms with Crippen molar-refractivity contribution in [3.8, 4) is 0 Å². The summed E-state index contributed by atoms with van der Waals surface area (Å²) in [5.74, 6) is -0.272. The Kier molecular flexibility index (Phi) is 4.66. The van der Waals surface area contributed by atoms with Crippen molar-refractivity contribution in [1.82, 2.24) is 20.3 Å². The Morgan fingerprint density at radius 2 is 2.28 bits per heavy atom. The molecule has 1 aromatic carbocycles. The van der Waals surface area contributed by atoms with Crippen LogP contribution in [0.3, 0.4) is 0 Å². The minimum absolute atomic E-state index is 0.272. The highest BCUT2D eigenvalue weighted by Gasteiger charge is 2.02. The molecule has 1 N–H and O–H groups in total. The van der Waals surface area contributed by atoms with Gasteiger partial charge in [0.25, 0.3) is 0 Å². The van der Waals surface area contributed by atoms with Crippen molar-refractivity contribution in [3.05, 3.63) is 47.0 Å². The number of hydrogen-bond donors (Lipinski definition) is 1. The highest BCUT2D eigenvalue weighted by atomic mass is 35.5. The van der Waals surface area contributed by atoms with Gasteiger partial charge in [-0.1, -0.05) is 22.9 Å². The maximum absolute atomic E-state index is 13.4. The predicted molar refractivity (Wildman–Crippen MR) is 67.8 cm³/mol. The van der Waals surface area contributed by atoms with Gasteiger partial charge >= 0.3 is 0 Å². The fourth-order valence-electron chi connectivity index (χ4n) is 1.61. The molecule has 0 aliphatic rings. The minimum Gasteiger partial charge on any atom is -0.312 e. The average molecular weight is 269 g/mol. The second-order valence-electron chi connectivity index (χ2n) is 3.93. The van der Waals surface area contributed by atoms with Crippen LogP contribution in [0.2, 0.25) is 5.02 Å². The molecule has 0 saturated heterocycles. The zero-order valence-electron chi connectivity index (χ0n) is 9.81. The normalized spacial score (nSPS) is 10.8.